The normalized spacial score (nSPS) is 20.2. The smallest absolute Gasteiger partial charge is 0.404 e. The van der Waals surface area contributed by atoms with Crippen LogP contribution < -0.4 is 5.73 Å². The predicted molar refractivity (Wildman–Crippen MR) is 280 cm³/mol. The Balaban J connectivity index is 6.88. The Kier molecular flexibility index (Phi) is 24.9. The Morgan fingerprint density at radius 1 is 0.646 bits per heavy atom. The van der Waals surface area contributed by atoms with Gasteiger partial charge in [0.2, 0.25) is 0 Å². The van der Waals surface area contributed by atoms with Gasteiger partial charge in [-0.15, -0.1) is 0 Å². The summed E-state index contributed by atoms with van der Waals surface area (Å²) in [6.07, 6.45) is 8.38. The fraction of sp³-hybridized carbons (Fsp3) is 0.808. The number of hydrogen-bond acceptors (Lipinski definition) is 9. The number of methoxy groups -OCH3 is 1. The average molecular weight is 969 g/mol. The van der Waals surface area contributed by atoms with Crippen molar-refractivity contribution in [2.24, 2.45) is 47.2 Å². The second kappa shape index (κ2) is 25.7. The average Bonchev–Trinajstić information content (AvgIpc) is 3.15. The molecule has 0 unspecified atom stereocenters. The Morgan fingerprint density at radius 3 is 1.49 bits per heavy atom. The molecule has 4 N–H and O–H groups in total. The number of ether oxygens (including phenoxy) is 2. The van der Waals surface area contributed by atoms with E-state index in [0.29, 0.717) is 0 Å². The molecular formula is C52H101NO9Si3. The fourth-order valence-electron chi connectivity index (χ4n) is 7.76. The van der Waals surface area contributed by atoms with Gasteiger partial charge in [0.25, 0.3) is 0 Å². The molecule has 10 nitrogen and oxygen atoms in total. The fourth-order valence-corrected chi connectivity index (χ4v) is 12.2. The Bertz CT molecular complexity index is 1570. The van der Waals surface area contributed by atoms with Crippen LogP contribution in [0.5, 0.6) is 0 Å². The standard InChI is InChI=1S/C52H101NO9Si3/c1-26-27-28-35(3)45(59-49(53)57)40(8)46(61-64(22,23)51(13,14)15)38(6)32-34(2)31-37(5)44(60-63(20,21)50(10,11)12)36(4)29-30-42(54)33-43(55)39(7)47(41(9)48(56)58-19)62-65(24,25)52(16,17)18/h26-31,35-47,54-55H,1,32-33H2,2-25H3,(H2,53,57)/b28-27-,30-29-,34-31-/t35-,36-,37-,38-,39-,40+,41+,42+,43-,44-,45-,46+,47-/m0/s1. The third kappa shape index (κ3) is 19.6. The largest absolute Gasteiger partial charge is 0.469 e. The SMILES string of the molecule is C=C/C=C\[C@H](C)[C@H](OC(N)=O)[C@@H](C)[C@H](O[Si](C)(C)C(C)(C)C)[C@@H](C)C/C(C)=C\[C@H](C)[C@@H](O[Si](C)(C)C(C)(C)C)[C@@H](C)/C=C\[C@@H](O)C[C@H](O)[C@H](C)[C@H](O[Si](C)(C)C(C)(C)C)[C@@H](C)C(=O)OC. The number of primary amides is 1. The van der Waals surface area contributed by atoms with E-state index in [-0.39, 0.29) is 69.3 Å². The summed E-state index contributed by atoms with van der Waals surface area (Å²) in [4.78, 5) is 25.1. The van der Waals surface area contributed by atoms with E-state index in [9.17, 15) is 19.8 Å². The molecule has 0 aromatic rings. The highest BCUT2D eigenvalue weighted by Crippen LogP contribution is 2.43. The monoisotopic (exact) mass is 968 g/mol. The van der Waals surface area contributed by atoms with Crippen molar-refractivity contribution in [3.8, 4) is 0 Å². The van der Waals surface area contributed by atoms with Crippen molar-refractivity contribution < 1.29 is 42.6 Å². The first kappa shape index (κ1) is 63.2. The van der Waals surface area contributed by atoms with E-state index in [2.05, 4.69) is 149 Å². The van der Waals surface area contributed by atoms with E-state index in [0.717, 1.165) is 6.42 Å². The number of rotatable bonds is 26. The third-order valence-electron chi connectivity index (χ3n) is 15.2. The quantitative estimate of drug-likeness (QED) is 0.0334. The molecule has 0 saturated heterocycles. The Morgan fingerprint density at radius 2 is 1.08 bits per heavy atom. The summed E-state index contributed by atoms with van der Waals surface area (Å²) < 4.78 is 32.2. The van der Waals surface area contributed by atoms with Crippen molar-refractivity contribution >= 4 is 37.0 Å². The van der Waals surface area contributed by atoms with Crippen molar-refractivity contribution in [2.45, 2.75) is 222 Å². The summed E-state index contributed by atoms with van der Waals surface area (Å²) >= 11 is 0. The summed E-state index contributed by atoms with van der Waals surface area (Å²) in [5.41, 5.74) is 6.87. The molecule has 13 heteroatoms. The number of esters is 1. The topological polar surface area (TPSA) is 147 Å². The molecule has 0 rings (SSSR count). The van der Waals surface area contributed by atoms with Crippen LogP contribution in [-0.2, 0) is 27.5 Å². The lowest BCUT2D eigenvalue weighted by atomic mass is 9.81. The van der Waals surface area contributed by atoms with Crippen molar-refractivity contribution in [1.29, 1.82) is 0 Å². The number of carbonyl (C=O) groups is 2. The maximum absolute atomic E-state index is 12.8. The molecular weight excluding hydrogens is 867 g/mol. The lowest BCUT2D eigenvalue weighted by Crippen LogP contribution is -2.50. The van der Waals surface area contributed by atoms with Crippen LogP contribution in [0.15, 0.2) is 48.6 Å². The van der Waals surface area contributed by atoms with Crippen LogP contribution >= 0.6 is 0 Å². The number of hydrogen-bond donors (Lipinski definition) is 3. The number of allylic oxidation sites excluding steroid dienone is 3. The number of aliphatic hydroxyl groups excluding tert-OH is 2. The lowest BCUT2D eigenvalue weighted by molar-refractivity contribution is -0.150. The number of nitrogens with two attached hydrogens (primary N) is 1. The zero-order valence-electron chi connectivity index (χ0n) is 45.9. The van der Waals surface area contributed by atoms with Crippen LogP contribution in [0.25, 0.3) is 0 Å². The molecule has 0 saturated carbocycles. The Labute approximate surface area is 402 Å². The van der Waals surface area contributed by atoms with Crippen LogP contribution in [0.4, 0.5) is 4.79 Å². The van der Waals surface area contributed by atoms with Gasteiger partial charge in [-0.05, 0) is 92.4 Å². The molecule has 0 aromatic heterocycles. The van der Waals surface area contributed by atoms with Crippen LogP contribution in [0, 0.1) is 41.4 Å². The summed E-state index contributed by atoms with van der Waals surface area (Å²) in [5, 5.41) is 22.8. The second-order valence-electron chi connectivity index (χ2n) is 24.1. The first-order chi connectivity index (χ1) is 29.2. The first-order valence-corrected chi connectivity index (χ1v) is 33.0. The highest BCUT2D eigenvalue weighted by Gasteiger charge is 2.46. The van der Waals surface area contributed by atoms with E-state index in [1.807, 2.05) is 32.1 Å². The van der Waals surface area contributed by atoms with Gasteiger partial charge in [0, 0.05) is 24.2 Å². The van der Waals surface area contributed by atoms with Crippen molar-refractivity contribution in [1.82, 2.24) is 0 Å². The lowest BCUT2D eigenvalue weighted by Gasteiger charge is -2.45. The van der Waals surface area contributed by atoms with E-state index in [1.165, 1.54) is 12.7 Å². The second-order valence-corrected chi connectivity index (χ2v) is 38.4. The minimum atomic E-state index is -2.33. The highest BCUT2D eigenvalue weighted by molar-refractivity contribution is 6.75. The number of carbonyl (C=O) groups excluding carboxylic acids is 2. The number of amides is 1. The molecule has 0 bridgehead atoms. The summed E-state index contributed by atoms with van der Waals surface area (Å²) in [6.45, 7) is 53.6. The van der Waals surface area contributed by atoms with Crippen molar-refractivity contribution in [3.63, 3.8) is 0 Å². The van der Waals surface area contributed by atoms with Gasteiger partial charge in [-0.3, -0.25) is 4.79 Å². The highest BCUT2D eigenvalue weighted by atomic mass is 28.4. The van der Waals surface area contributed by atoms with Gasteiger partial charge in [0.15, 0.2) is 25.0 Å². The van der Waals surface area contributed by atoms with Crippen molar-refractivity contribution in [2.75, 3.05) is 7.11 Å². The van der Waals surface area contributed by atoms with Gasteiger partial charge < -0.3 is 38.7 Å². The van der Waals surface area contributed by atoms with E-state index < -0.39 is 67.3 Å². The zero-order valence-corrected chi connectivity index (χ0v) is 48.9. The van der Waals surface area contributed by atoms with Crippen LogP contribution in [0.1, 0.15) is 131 Å². The molecule has 13 atom stereocenters. The molecule has 0 heterocycles. The zero-order chi connectivity index (χ0) is 51.4. The predicted octanol–water partition coefficient (Wildman–Crippen LogP) is 13.0. The minimum absolute atomic E-state index is 0.0129. The molecule has 65 heavy (non-hydrogen) atoms. The van der Waals surface area contributed by atoms with Crippen LogP contribution in [0.2, 0.25) is 54.4 Å². The molecule has 0 aromatic carbocycles. The van der Waals surface area contributed by atoms with Crippen LogP contribution in [-0.4, -0.2) is 91.0 Å². The summed E-state index contributed by atoms with van der Waals surface area (Å²) in [5.74, 6) is -1.71. The first-order valence-electron chi connectivity index (χ1n) is 24.3. The van der Waals surface area contributed by atoms with Gasteiger partial charge >= 0.3 is 12.1 Å². The molecule has 380 valence electrons. The summed E-state index contributed by atoms with van der Waals surface area (Å²) in [6, 6.07) is 0. The van der Waals surface area contributed by atoms with E-state index in [1.54, 1.807) is 19.1 Å². The maximum atomic E-state index is 12.8. The van der Waals surface area contributed by atoms with E-state index >= 15 is 0 Å². The third-order valence-corrected chi connectivity index (χ3v) is 28.6. The van der Waals surface area contributed by atoms with Gasteiger partial charge in [-0.25, -0.2) is 4.79 Å². The van der Waals surface area contributed by atoms with Gasteiger partial charge in [-0.1, -0.05) is 152 Å². The molecule has 0 fully saturated rings. The van der Waals surface area contributed by atoms with E-state index in [4.69, 9.17) is 28.5 Å². The van der Waals surface area contributed by atoms with Crippen LogP contribution in [0.3, 0.4) is 0 Å². The summed E-state index contributed by atoms with van der Waals surface area (Å²) in [7, 11) is -5.50. The molecule has 0 aliphatic rings. The maximum Gasteiger partial charge on any atom is 0.404 e. The van der Waals surface area contributed by atoms with Gasteiger partial charge in [0.1, 0.15) is 6.10 Å². The molecule has 0 radical (unpaired) electrons. The molecule has 0 aliphatic carbocycles. The van der Waals surface area contributed by atoms with Gasteiger partial charge in [0.05, 0.1) is 43.5 Å². The molecule has 1 amide bonds. The van der Waals surface area contributed by atoms with Crippen molar-refractivity contribution in [3.05, 3.63) is 48.6 Å². The van der Waals surface area contributed by atoms with Gasteiger partial charge in [-0.2, -0.15) is 0 Å². The minimum Gasteiger partial charge on any atom is -0.469 e. The Hall–Kier alpha value is -1.85. The molecule has 0 spiro atoms. The molecule has 0 aliphatic heterocycles. The number of aliphatic hydroxyl groups is 2.